The molecule has 1 aliphatic rings. The quantitative estimate of drug-likeness (QED) is 0.692. The molecule has 0 aromatic rings. The van der Waals surface area contributed by atoms with Crippen LogP contribution < -0.4 is 5.73 Å². The highest BCUT2D eigenvalue weighted by Gasteiger charge is 2.33. The van der Waals surface area contributed by atoms with E-state index in [-0.39, 0.29) is 18.2 Å². The second-order valence-electron chi connectivity index (χ2n) is 4.93. The minimum Gasteiger partial charge on any atom is -0.481 e. The Morgan fingerprint density at radius 2 is 2.00 bits per heavy atom. The number of hydrogen-bond acceptors (Lipinski definition) is 3. The molecular weight excluding hydrogens is 196 g/mol. The molecule has 0 unspecified atom stereocenters. The van der Waals surface area contributed by atoms with Crippen molar-refractivity contribution in [3.63, 3.8) is 0 Å². The Labute approximate surface area is 89.2 Å². The normalized spacial score (nSPS) is 17.4. The van der Waals surface area contributed by atoms with Crippen molar-refractivity contribution < 1.29 is 14.7 Å². The van der Waals surface area contributed by atoms with Gasteiger partial charge in [0.15, 0.2) is 0 Å². The Morgan fingerprint density at radius 3 is 2.40 bits per heavy atom. The van der Waals surface area contributed by atoms with Crippen LogP contribution >= 0.6 is 0 Å². The van der Waals surface area contributed by atoms with Crippen molar-refractivity contribution in [1.29, 1.82) is 0 Å². The molecule has 0 aromatic heterocycles. The summed E-state index contributed by atoms with van der Waals surface area (Å²) < 4.78 is 0. The molecule has 0 spiro atoms. The highest BCUT2D eigenvalue weighted by atomic mass is 16.4. The maximum absolute atomic E-state index is 11.6. The highest BCUT2D eigenvalue weighted by molar-refractivity contribution is 5.78. The van der Waals surface area contributed by atoms with Crippen LogP contribution in [0.2, 0.25) is 0 Å². The van der Waals surface area contributed by atoms with Gasteiger partial charge in [-0.25, -0.2) is 0 Å². The summed E-state index contributed by atoms with van der Waals surface area (Å²) in [6, 6.07) is 0. The van der Waals surface area contributed by atoms with Gasteiger partial charge in [-0.3, -0.25) is 9.59 Å². The third-order valence-corrected chi connectivity index (χ3v) is 2.38. The summed E-state index contributed by atoms with van der Waals surface area (Å²) in [6.45, 7) is 4.72. The third kappa shape index (κ3) is 3.87. The van der Waals surface area contributed by atoms with Gasteiger partial charge in [-0.05, 0) is 13.8 Å². The summed E-state index contributed by atoms with van der Waals surface area (Å²) in [5.74, 6) is -0.664. The van der Waals surface area contributed by atoms with Crippen LogP contribution in [0.4, 0.5) is 0 Å². The second kappa shape index (κ2) is 4.18. The Hall–Kier alpha value is -1.10. The van der Waals surface area contributed by atoms with Gasteiger partial charge in [0.05, 0.1) is 6.42 Å². The number of nitrogens with two attached hydrogens (primary N) is 1. The number of rotatable bonds is 4. The monoisotopic (exact) mass is 214 g/mol. The first-order valence-corrected chi connectivity index (χ1v) is 5.06. The summed E-state index contributed by atoms with van der Waals surface area (Å²) in [5.41, 5.74) is 5.24. The molecule has 1 saturated heterocycles. The summed E-state index contributed by atoms with van der Waals surface area (Å²) in [7, 11) is 0. The van der Waals surface area contributed by atoms with E-state index < -0.39 is 11.5 Å². The molecule has 1 aliphatic heterocycles. The average Bonchev–Trinajstić information content (AvgIpc) is 1.91. The molecule has 3 N–H and O–H groups in total. The lowest BCUT2D eigenvalue weighted by atomic mass is 9.94. The first-order valence-electron chi connectivity index (χ1n) is 5.06. The Bertz CT molecular complexity index is 264. The van der Waals surface area contributed by atoms with Crippen LogP contribution in [-0.2, 0) is 9.59 Å². The minimum atomic E-state index is -0.800. The van der Waals surface area contributed by atoms with Crippen LogP contribution in [0.15, 0.2) is 0 Å². The fraction of sp³-hybridized carbons (Fsp3) is 0.800. The largest absolute Gasteiger partial charge is 0.481 e. The number of aliphatic carboxylic acids is 1. The lowest BCUT2D eigenvalue weighted by Gasteiger charge is -2.39. The van der Waals surface area contributed by atoms with Gasteiger partial charge in [0.25, 0.3) is 0 Å². The van der Waals surface area contributed by atoms with Crippen molar-refractivity contribution in [2.75, 3.05) is 13.1 Å². The molecule has 0 bridgehead atoms. The number of carboxylic acids is 1. The molecule has 1 fully saturated rings. The van der Waals surface area contributed by atoms with Crippen LogP contribution in [0, 0.1) is 5.92 Å². The number of carbonyl (C=O) groups is 2. The minimum absolute atomic E-state index is 0.0177. The second-order valence-corrected chi connectivity index (χ2v) is 4.93. The van der Waals surface area contributed by atoms with E-state index in [4.69, 9.17) is 10.8 Å². The summed E-state index contributed by atoms with van der Waals surface area (Å²) in [5, 5.41) is 8.54. The van der Waals surface area contributed by atoms with E-state index in [1.165, 1.54) is 0 Å². The lowest BCUT2D eigenvalue weighted by molar-refractivity contribution is -0.145. The maximum atomic E-state index is 11.6. The molecule has 0 saturated carbocycles. The van der Waals surface area contributed by atoms with Gasteiger partial charge in [0.1, 0.15) is 0 Å². The molecule has 5 heteroatoms. The molecule has 1 heterocycles. The van der Waals surface area contributed by atoms with Crippen molar-refractivity contribution in [3.8, 4) is 0 Å². The van der Waals surface area contributed by atoms with Crippen LogP contribution in [0.25, 0.3) is 0 Å². The van der Waals surface area contributed by atoms with E-state index in [0.29, 0.717) is 19.5 Å². The van der Waals surface area contributed by atoms with Crippen LogP contribution in [-0.4, -0.2) is 40.5 Å². The predicted molar refractivity (Wildman–Crippen MR) is 55.2 cm³/mol. The van der Waals surface area contributed by atoms with E-state index in [1.54, 1.807) is 18.7 Å². The van der Waals surface area contributed by atoms with E-state index in [2.05, 4.69) is 0 Å². The number of carbonyl (C=O) groups excluding carboxylic acids is 1. The summed E-state index contributed by atoms with van der Waals surface area (Å²) in [4.78, 5) is 23.6. The van der Waals surface area contributed by atoms with Gasteiger partial charge in [-0.1, -0.05) is 0 Å². The SMILES string of the molecule is CC(C)(N)CC(=O)N1CC(CC(=O)O)C1. The van der Waals surface area contributed by atoms with E-state index in [0.717, 1.165) is 0 Å². The molecule has 0 atom stereocenters. The molecule has 0 aliphatic carbocycles. The molecule has 0 aromatic carbocycles. The highest BCUT2D eigenvalue weighted by Crippen LogP contribution is 2.21. The predicted octanol–water partition coefficient (Wildman–Crippen LogP) is 0.0469. The molecule has 0 radical (unpaired) electrons. The average molecular weight is 214 g/mol. The molecular formula is C10H18N2O3. The van der Waals surface area contributed by atoms with E-state index >= 15 is 0 Å². The molecule has 5 nitrogen and oxygen atoms in total. The van der Waals surface area contributed by atoms with Gasteiger partial charge in [0, 0.05) is 31.0 Å². The maximum Gasteiger partial charge on any atom is 0.303 e. The third-order valence-electron chi connectivity index (χ3n) is 2.38. The number of likely N-dealkylation sites (tertiary alicyclic amines) is 1. The van der Waals surface area contributed by atoms with Crippen LogP contribution in [0.3, 0.4) is 0 Å². The number of hydrogen-bond donors (Lipinski definition) is 2. The van der Waals surface area contributed by atoms with E-state index in [1.807, 2.05) is 0 Å². The van der Waals surface area contributed by atoms with Crippen molar-refractivity contribution in [1.82, 2.24) is 4.90 Å². The van der Waals surface area contributed by atoms with Crippen molar-refractivity contribution >= 4 is 11.9 Å². The fourth-order valence-electron chi connectivity index (χ4n) is 1.65. The van der Waals surface area contributed by atoms with Gasteiger partial charge < -0.3 is 15.7 Å². The van der Waals surface area contributed by atoms with Crippen molar-refractivity contribution in [2.24, 2.45) is 11.7 Å². The zero-order valence-corrected chi connectivity index (χ0v) is 9.19. The Kier molecular flexibility index (Phi) is 3.34. The summed E-state index contributed by atoms with van der Waals surface area (Å²) >= 11 is 0. The Balaban J connectivity index is 2.27. The molecule has 1 rings (SSSR count). The molecule has 1 amide bonds. The van der Waals surface area contributed by atoms with Gasteiger partial charge in [-0.15, -0.1) is 0 Å². The standard InChI is InChI=1S/C10H18N2O3/c1-10(2,11)4-8(13)12-5-7(6-12)3-9(14)15/h7H,3-6,11H2,1-2H3,(H,14,15). The fourth-order valence-corrected chi connectivity index (χ4v) is 1.65. The zero-order chi connectivity index (χ0) is 11.6. The van der Waals surface area contributed by atoms with Crippen molar-refractivity contribution in [3.05, 3.63) is 0 Å². The van der Waals surface area contributed by atoms with Crippen LogP contribution in [0.1, 0.15) is 26.7 Å². The first-order chi connectivity index (χ1) is 6.78. The Morgan fingerprint density at radius 1 is 1.47 bits per heavy atom. The topological polar surface area (TPSA) is 83.6 Å². The van der Waals surface area contributed by atoms with Crippen molar-refractivity contribution in [2.45, 2.75) is 32.2 Å². The van der Waals surface area contributed by atoms with Gasteiger partial charge in [-0.2, -0.15) is 0 Å². The number of nitrogens with zero attached hydrogens (tertiary/aromatic N) is 1. The summed E-state index contributed by atoms with van der Waals surface area (Å²) in [6.07, 6.45) is 0.461. The molecule has 15 heavy (non-hydrogen) atoms. The molecule has 86 valence electrons. The zero-order valence-electron chi connectivity index (χ0n) is 9.19. The number of carboxylic acid groups (broad SMARTS) is 1. The van der Waals surface area contributed by atoms with Gasteiger partial charge in [0.2, 0.25) is 5.91 Å². The van der Waals surface area contributed by atoms with Gasteiger partial charge >= 0.3 is 5.97 Å². The number of amides is 1. The van der Waals surface area contributed by atoms with Crippen LogP contribution in [0.5, 0.6) is 0 Å². The first kappa shape index (κ1) is 12.0. The lowest BCUT2D eigenvalue weighted by Crippen LogP contribution is -2.52. The van der Waals surface area contributed by atoms with E-state index in [9.17, 15) is 9.59 Å². The smallest absolute Gasteiger partial charge is 0.303 e.